The van der Waals surface area contributed by atoms with Crippen molar-refractivity contribution < 1.29 is 9.72 Å². The summed E-state index contributed by atoms with van der Waals surface area (Å²) < 4.78 is 0. The lowest BCUT2D eigenvalue weighted by molar-refractivity contribution is -0.384. The van der Waals surface area contributed by atoms with Crippen molar-refractivity contribution in [3.63, 3.8) is 0 Å². The number of non-ortho nitro benzene ring substituents is 1. The summed E-state index contributed by atoms with van der Waals surface area (Å²) >= 11 is 0. The Morgan fingerprint density at radius 2 is 1.80 bits per heavy atom. The lowest BCUT2D eigenvalue weighted by Gasteiger charge is -2.39. The molecule has 7 heteroatoms. The number of nitrogens with two attached hydrogens (primary N) is 1. The smallest absolute Gasteiger partial charge is 0.269 e. The number of hydrogen-bond donors (Lipinski definition) is 1. The Bertz CT molecular complexity index is 1000. The Balaban J connectivity index is 1.33. The van der Waals surface area contributed by atoms with Crippen LogP contribution in [-0.2, 0) is 11.2 Å². The van der Waals surface area contributed by atoms with Gasteiger partial charge in [-0.15, -0.1) is 6.58 Å². The summed E-state index contributed by atoms with van der Waals surface area (Å²) in [5.74, 6) is 1.13. The maximum atomic E-state index is 13.1. The predicted octanol–water partition coefficient (Wildman–Crippen LogP) is 4.14. The second-order valence-corrected chi connectivity index (χ2v) is 9.98. The van der Waals surface area contributed by atoms with E-state index >= 15 is 0 Å². The molecule has 2 aliphatic rings. The highest BCUT2D eigenvalue weighted by Crippen LogP contribution is 2.39. The Morgan fingerprint density at radius 1 is 1.11 bits per heavy atom. The average Bonchev–Trinajstić information content (AvgIpc) is 3.23. The number of likely N-dealkylation sites (tertiary alicyclic amines) is 1. The number of carbonyl (C=O) groups is 1. The molecule has 0 radical (unpaired) electrons. The molecular weight excluding hydrogens is 440 g/mol. The zero-order valence-electron chi connectivity index (χ0n) is 20.3. The first kappa shape index (κ1) is 25.1. The monoisotopic (exact) mass is 476 g/mol. The van der Waals surface area contributed by atoms with Gasteiger partial charge in [0.25, 0.3) is 5.69 Å². The van der Waals surface area contributed by atoms with Crippen LogP contribution in [0.1, 0.15) is 42.7 Å². The molecule has 2 aromatic carbocycles. The van der Waals surface area contributed by atoms with Crippen LogP contribution in [0.15, 0.2) is 67.3 Å². The van der Waals surface area contributed by atoms with Crippen molar-refractivity contribution in [1.82, 2.24) is 9.80 Å². The maximum absolute atomic E-state index is 13.1. The molecule has 4 rings (SSSR count). The first-order valence-electron chi connectivity index (χ1n) is 12.6. The van der Waals surface area contributed by atoms with Crippen molar-refractivity contribution in [2.75, 3.05) is 26.2 Å². The molecule has 2 N–H and O–H groups in total. The molecule has 2 aromatic rings. The van der Waals surface area contributed by atoms with E-state index in [2.05, 4.69) is 41.8 Å². The third-order valence-corrected chi connectivity index (χ3v) is 7.60. The predicted molar refractivity (Wildman–Crippen MR) is 138 cm³/mol. The van der Waals surface area contributed by atoms with Crippen molar-refractivity contribution >= 4 is 11.6 Å². The lowest BCUT2D eigenvalue weighted by atomic mass is 9.88. The van der Waals surface area contributed by atoms with Gasteiger partial charge in [-0.1, -0.05) is 48.5 Å². The normalized spacial score (nSPS) is 23.2. The summed E-state index contributed by atoms with van der Waals surface area (Å²) in [7, 11) is 0. The maximum Gasteiger partial charge on any atom is 0.269 e. The Hall–Kier alpha value is -3.03. The van der Waals surface area contributed by atoms with Gasteiger partial charge >= 0.3 is 0 Å². The molecule has 0 unspecified atom stereocenters. The fourth-order valence-electron chi connectivity index (χ4n) is 5.83. The Labute approximate surface area is 207 Å². The summed E-state index contributed by atoms with van der Waals surface area (Å²) in [4.78, 5) is 28.1. The summed E-state index contributed by atoms with van der Waals surface area (Å²) in [5.41, 5.74) is 8.59. The first-order chi connectivity index (χ1) is 16.9. The minimum atomic E-state index is -0.426. The summed E-state index contributed by atoms with van der Waals surface area (Å²) in [6.07, 6.45) is 6.02. The number of carbonyl (C=O) groups excluding carboxylic acids is 1. The molecule has 35 heavy (non-hydrogen) atoms. The van der Waals surface area contributed by atoms with E-state index in [1.165, 1.54) is 17.7 Å². The second kappa shape index (κ2) is 11.6. The number of rotatable bonds is 9. The number of benzene rings is 2. The molecule has 1 aliphatic heterocycles. The highest BCUT2D eigenvalue weighted by Gasteiger charge is 2.36. The first-order valence-corrected chi connectivity index (χ1v) is 12.6. The van der Waals surface area contributed by atoms with Gasteiger partial charge in [0, 0.05) is 50.4 Å². The van der Waals surface area contributed by atoms with Crippen LogP contribution in [0, 0.1) is 16.0 Å². The van der Waals surface area contributed by atoms with Gasteiger partial charge in [0.2, 0.25) is 5.91 Å². The molecule has 1 saturated carbocycles. The average molecular weight is 477 g/mol. The Kier molecular flexibility index (Phi) is 8.31. The molecule has 0 bridgehead atoms. The van der Waals surface area contributed by atoms with Gasteiger partial charge in [-0.3, -0.25) is 14.9 Å². The summed E-state index contributed by atoms with van der Waals surface area (Å²) in [5, 5.41) is 10.9. The van der Waals surface area contributed by atoms with E-state index in [1.807, 2.05) is 4.90 Å². The molecular formula is C28H36N4O3. The van der Waals surface area contributed by atoms with E-state index in [4.69, 9.17) is 5.73 Å². The zero-order valence-corrected chi connectivity index (χ0v) is 20.3. The highest BCUT2D eigenvalue weighted by atomic mass is 16.6. The van der Waals surface area contributed by atoms with Gasteiger partial charge in [0.1, 0.15) is 0 Å². The molecule has 2 fully saturated rings. The van der Waals surface area contributed by atoms with Crippen molar-refractivity contribution in [2.24, 2.45) is 11.7 Å². The largest absolute Gasteiger partial charge is 0.336 e. The number of nitrogens with zero attached hydrogens (tertiary/aromatic N) is 3. The summed E-state index contributed by atoms with van der Waals surface area (Å²) in [6, 6.07) is 17.4. The fraction of sp³-hybridized carbons (Fsp3) is 0.464. The standard InChI is InChI=1S/C28H36N4O3/c1-2-14-31(28(33)17-21-8-10-26(11-9-21)32(34)35)25-12-15-30(16-13-25)20-23-18-24(29)19-27(23)22-6-4-3-5-7-22/h2-11,23-25,27H,1,12-20,29H2/t23-,24-,27-/m1/s1. The molecule has 0 aromatic heterocycles. The molecule has 1 heterocycles. The van der Waals surface area contributed by atoms with Crippen LogP contribution in [0.2, 0.25) is 0 Å². The van der Waals surface area contributed by atoms with Crippen LogP contribution >= 0.6 is 0 Å². The second-order valence-electron chi connectivity index (χ2n) is 9.98. The van der Waals surface area contributed by atoms with Crippen molar-refractivity contribution in [1.29, 1.82) is 0 Å². The molecule has 1 aliphatic carbocycles. The van der Waals surface area contributed by atoms with Crippen LogP contribution in [0.3, 0.4) is 0 Å². The van der Waals surface area contributed by atoms with Gasteiger partial charge < -0.3 is 15.5 Å². The van der Waals surface area contributed by atoms with Crippen LogP contribution < -0.4 is 5.73 Å². The molecule has 186 valence electrons. The topological polar surface area (TPSA) is 92.7 Å². The minimum absolute atomic E-state index is 0.0363. The minimum Gasteiger partial charge on any atom is -0.336 e. The quantitative estimate of drug-likeness (QED) is 0.334. The van der Waals surface area contributed by atoms with Gasteiger partial charge in [0.05, 0.1) is 11.3 Å². The summed E-state index contributed by atoms with van der Waals surface area (Å²) in [6.45, 7) is 7.36. The SMILES string of the molecule is C=CCN(C(=O)Cc1ccc([N+](=O)[O-])cc1)C1CCN(C[C@H]2C[C@@H](N)C[C@@H]2c2ccccc2)CC1. The molecule has 3 atom stereocenters. The number of amides is 1. The Morgan fingerprint density at radius 3 is 2.43 bits per heavy atom. The highest BCUT2D eigenvalue weighted by molar-refractivity contribution is 5.79. The number of hydrogen-bond acceptors (Lipinski definition) is 5. The van der Waals surface area contributed by atoms with Crippen LogP contribution in [0.25, 0.3) is 0 Å². The van der Waals surface area contributed by atoms with E-state index in [0.29, 0.717) is 18.4 Å². The molecule has 0 spiro atoms. The van der Waals surface area contributed by atoms with E-state index in [1.54, 1.807) is 18.2 Å². The van der Waals surface area contributed by atoms with E-state index in [0.717, 1.165) is 50.9 Å². The van der Waals surface area contributed by atoms with Crippen LogP contribution in [0.5, 0.6) is 0 Å². The number of piperidine rings is 1. The van der Waals surface area contributed by atoms with E-state index < -0.39 is 4.92 Å². The van der Waals surface area contributed by atoms with Gasteiger partial charge in [-0.25, -0.2) is 0 Å². The number of nitro benzene ring substituents is 1. The third-order valence-electron chi connectivity index (χ3n) is 7.60. The zero-order chi connectivity index (χ0) is 24.8. The molecule has 1 amide bonds. The van der Waals surface area contributed by atoms with Crippen molar-refractivity contribution in [3.8, 4) is 0 Å². The van der Waals surface area contributed by atoms with Crippen LogP contribution in [-0.4, -0.2) is 58.9 Å². The van der Waals surface area contributed by atoms with Crippen LogP contribution in [0.4, 0.5) is 5.69 Å². The lowest BCUT2D eigenvalue weighted by Crippen LogP contribution is -2.48. The van der Waals surface area contributed by atoms with Crippen molar-refractivity contribution in [2.45, 2.75) is 50.1 Å². The molecule has 1 saturated heterocycles. The van der Waals surface area contributed by atoms with Crippen molar-refractivity contribution in [3.05, 3.63) is 88.5 Å². The van der Waals surface area contributed by atoms with Gasteiger partial charge in [-0.05, 0) is 48.6 Å². The molecule has 7 nitrogen and oxygen atoms in total. The third kappa shape index (κ3) is 6.35. The van der Waals surface area contributed by atoms with E-state index in [-0.39, 0.29) is 30.1 Å². The number of nitro groups is 1. The fourth-order valence-corrected chi connectivity index (χ4v) is 5.83. The van der Waals surface area contributed by atoms with E-state index in [9.17, 15) is 14.9 Å². The van der Waals surface area contributed by atoms with Gasteiger partial charge in [0.15, 0.2) is 0 Å². The van der Waals surface area contributed by atoms with Gasteiger partial charge in [-0.2, -0.15) is 0 Å².